The van der Waals surface area contributed by atoms with Crippen LogP contribution in [-0.2, 0) is 4.79 Å². The van der Waals surface area contributed by atoms with E-state index in [-0.39, 0.29) is 18.4 Å². The molecule has 4 nitrogen and oxygen atoms in total. The smallest absolute Gasteiger partial charge is 0.254 e. The monoisotopic (exact) mass is 356 g/mol. The summed E-state index contributed by atoms with van der Waals surface area (Å²) in [6.07, 6.45) is 1.97. The molecular weight excluding hydrogens is 332 g/mol. The van der Waals surface area contributed by atoms with Crippen LogP contribution in [0.4, 0.5) is 5.69 Å². The van der Waals surface area contributed by atoms with Crippen molar-refractivity contribution >= 4 is 29.3 Å². The molecule has 0 unspecified atom stereocenters. The lowest BCUT2D eigenvalue weighted by molar-refractivity contribution is -0.116. The average Bonchev–Trinajstić information content (AvgIpc) is 2.58. The Morgan fingerprint density at radius 3 is 2.28 bits per heavy atom. The van der Waals surface area contributed by atoms with Crippen LogP contribution in [0.5, 0.6) is 0 Å². The van der Waals surface area contributed by atoms with Crippen LogP contribution in [0.2, 0.25) is 0 Å². The van der Waals surface area contributed by atoms with E-state index in [0.29, 0.717) is 5.56 Å². The molecule has 0 saturated carbocycles. The summed E-state index contributed by atoms with van der Waals surface area (Å²) < 4.78 is 0. The first-order chi connectivity index (χ1) is 11.8. The highest BCUT2D eigenvalue weighted by atomic mass is 32.2. The zero-order valence-corrected chi connectivity index (χ0v) is 16.2. The van der Waals surface area contributed by atoms with Crippen LogP contribution in [-0.4, -0.2) is 36.6 Å². The number of nitrogens with one attached hydrogen (secondary N) is 1. The van der Waals surface area contributed by atoms with Crippen LogP contribution in [0.25, 0.3) is 0 Å². The summed E-state index contributed by atoms with van der Waals surface area (Å²) >= 11 is 1.59. The van der Waals surface area contributed by atoms with E-state index in [4.69, 9.17) is 0 Å². The number of para-hydroxylation sites is 1. The maximum atomic E-state index is 12.7. The molecular formula is C20H24N2O2S. The molecule has 0 aliphatic carbocycles. The van der Waals surface area contributed by atoms with Gasteiger partial charge in [0.05, 0.1) is 6.54 Å². The Morgan fingerprint density at radius 2 is 1.68 bits per heavy atom. The Labute approximate surface area is 153 Å². The van der Waals surface area contributed by atoms with E-state index in [1.54, 1.807) is 18.8 Å². The SMILES string of the molecule is CSc1ccc(C)c(C(=O)N(C)CC(=O)Nc2c(C)cccc2C)c1. The normalized spacial score (nSPS) is 10.4. The van der Waals surface area contributed by atoms with E-state index in [0.717, 1.165) is 27.3 Å². The first kappa shape index (κ1) is 19.1. The average molecular weight is 356 g/mol. The maximum absolute atomic E-state index is 12.7. The molecule has 25 heavy (non-hydrogen) atoms. The van der Waals surface area contributed by atoms with E-state index < -0.39 is 0 Å². The Kier molecular flexibility index (Phi) is 6.26. The summed E-state index contributed by atoms with van der Waals surface area (Å²) in [4.78, 5) is 27.5. The summed E-state index contributed by atoms with van der Waals surface area (Å²) in [6, 6.07) is 11.7. The number of likely N-dealkylation sites (N-methyl/N-ethyl adjacent to an activating group) is 1. The fraction of sp³-hybridized carbons (Fsp3) is 0.300. The summed E-state index contributed by atoms with van der Waals surface area (Å²) in [5.41, 5.74) is 4.37. The molecule has 2 aromatic rings. The third-order valence-electron chi connectivity index (χ3n) is 4.15. The van der Waals surface area contributed by atoms with Gasteiger partial charge in [0.25, 0.3) is 5.91 Å². The number of aryl methyl sites for hydroxylation is 3. The Hall–Kier alpha value is -2.27. The molecule has 0 atom stereocenters. The molecule has 0 spiro atoms. The van der Waals surface area contributed by atoms with Crippen LogP contribution >= 0.6 is 11.8 Å². The number of carbonyl (C=O) groups excluding carboxylic acids is 2. The zero-order chi connectivity index (χ0) is 18.6. The third-order valence-corrected chi connectivity index (χ3v) is 4.87. The second-order valence-corrected chi connectivity index (χ2v) is 7.04. The quantitative estimate of drug-likeness (QED) is 0.823. The second kappa shape index (κ2) is 8.21. The lowest BCUT2D eigenvalue weighted by Crippen LogP contribution is -2.35. The van der Waals surface area contributed by atoms with Gasteiger partial charge in [0, 0.05) is 23.2 Å². The second-order valence-electron chi connectivity index (χ2n) is 6.16. The molecule has 2 amide bonds. The number of benzene rings is 2. The summed E-state index contributed by atoms with van der Waals surface area (Å²) in [5.74, 6) is -0.350. The van der Waals surface area contributed by atoms with Crippen molar-refractivity contribution in [3.63, 3.8) is 0 Å². The largest absolute Gasteiger partial charge is 0.332 e. The van der Waals surface area contributed by atoms with E-state index in [1.165, 1.54) is 4.90 Å². The minimum Gasteiger partial charge on any atom is -0.332 e. The Morgan fingerprint density at radius 1 is 1.04 bits per heavy atom. The van der Waals surface area contributed by atoms with Gasteiger partial charge in [-0.3, -0.25) is 9.59 Å². The number of rotatable bonds is 5. The van der Waals surface area contributed by atoms with Crippen LogP contribution in [0, 0.1) is 20.8 Å². The van der Waals surface area contributed by atoms with Crippen LogP contribution in [0.1, 0.15) is 27.0 Å². The van der Waals surface area contributed by atoms with Gasteiger partial charge in [-0.25, -0.2) is 0 Å². The van der Waals surface area contributed by atoms with E-state index >= 15 is 0 Å². The molecule has 0 aliphatic heterocycles. The molecule has 132 valence electrons. The molecule has 0 heterocycles. The molecule has 0 bridgehead atoms. The topological polar surface area (TPSA) is 49.4 Å². The van der Waals surface area contributed by atoms with Crippen molar-refractivity contribution < 1.29 is 9.59 Å². The molecule has 0 fully saturated rings. The number of nitrogens with zero attached hydrogens (tertiary/aromatic N) is 1. The summed E-state index contributed by atoms with van der Waals surface area (Å²) in [7, 11) is 1.65. The molecule has 2 aromatic carbocycles. The molecule has 0 aliphatic rings. The number of carbonyl (C=O) groups is 2. The highest BCUT2D eigenvalue weighted by molar-refractivity contribution is 7.98. The molecule has 0 saturated heterocycles. The Bertz CT molecular complexity index is 782. The number of hydrogen-bond donors (Lipinski definition) is 1. The predicted octanol–water partition coefficient (Wildman–Crippen LogP) is 4.04. The zero-order valence-electron chi connectivity index (χ0n) is 15.3. The van der Waals surface area contributed by atoms with Gasteiger partial charge in [0.1, 0.15) is 0 Å². The highest BCUT2D eigenvalue weighted by Gasteiger charge is 2.18. The lowest BCUT2D eigenvalue weighted by Gasteiger charge is -2.19. The summed E-state index contributed by atoms with van der Waals surface area (Å²) in [5, 5.41) is 2.92. The molecule has 5 heteroatoms. The van der Waals surface area contributed by atoms with Crippen LogP contribution in [0.3, 0.4) is 0 Å². The number of anilines is 1. The van der Waals surface area contributed by atoms with E-state index in [1.807, 2.05) is 63.4 Å². The fourth-order valence-electron chi connectivity index (χ4n) is 2.64. The van der Waals surface area contributed by atoms with Gasteiger partial charge in [-0.1, -0.05) is 24.3 Å². The summed E-state index contributed by atoms with van der Waals surface area (Å²) in [6.45, 7) is 5.82. The van der Waals surface area contributed by atoms with Crippen molar-refractivity contribution in [2.45, 2.75) is 25.7 Å². The van der Waals surface area contributed by atoms with E-state index in [2.05, 4.69) is 5.32 Å². The van der Waals surface area contributed by atoms with Crippen LogP contribution in [0.15, 0.2) is 41.3 Å². The maximum Gasteiger partial charge on any atom is 0.254 e. The predicted molar refractivity (Wildman–Crippen MR) is 104 cm³/mol. The van der Waals surface area contributed by atoms with Crippen molar-refractivity contribution in [3.8, 4) is 0 Å². The van der Waals surface area contributed by atoms with E-state index in [9.17, 15) is 9.59 Å². The molecule has 1 N–H and O–H groups in total. The van der Waals surface area contributed by atoms with Crippen molar-refractivity contribution in [2.75, 3.05) is 25.2 Å². The van der Waals surface area contributed by atoms with Gasteiger partial charge >= 0.3 is 0 Å². The number of thioether (sulfide) groups is 1. The van der Waals surface area contributed by atoms with Gasteiger partial charge < -0.3 is 10.2 Å². The standard InChI is InChI=1S/C20H24N2O2S/c1-13-9-10-16(25-5)11-17(13)20(24)22(4)12-18(23)21-19-14(2)7-6-8-15(19)3/h6-11H,12H2,1-5H3,(H,21,23). The van der Waals surface area contributed by atoms with Crippen molar-refractivity contribution in [1.29, 1.82) is 0 Å². The van der Waals surface area contributed by atoms with Gasteiger partial charge in [0.15, 0.2) is 0 Å². The van der Waals surface area contributed by atoms with Gasteiger partial charge in [-0.05, 0) is 55.9 Å². The minimum atomic E-state index is -0.202. The molecule has 0 aromatic heterocycles. The van der Waals surface area contributed by atoms with Crippen molar-refractivity contribution in [2.24, 2.45) is 0 Å². The van der Waals surface area contributed by atoms with Gasteiger partial charge in [-0.15, -0.1) is 11.8 Å². The van der Waals surface area contributed by atoms with Gasteiger partial charge in [-0.2, -0.15) is 0 Å². The minimum absolute atomic E-state index is 0.00947. The first-order valence-corrected chi connectivity index (χ1v) is 9.32. The number of amides is 2. The highest BCUT2D eigenvalue weighted by Crippen LogP contribution is 2.21. The Balaban J connectivity index is 2.10. The molecule has 0 radical (unpaired) electrons. The van der Waals surface area contributed by atoms with Crippen molar-refractivity contribution in [3.05, 3.63) is 58.7 Å². The van der Waals surface area contributed by atoms with Gasteiger partial charge in [0.2, 0.25) is 5.91 Å². The lowest BCUT2D eigenvalue weighted by atomic mass is 10.1. The number of hydrogen-bond acceptors (Lipinski definition) is 3. The van der Waals surface area contributed by atoms with Crippen LogP contribution < -0.4 is 5.32 Å². The first-order valence-electron chi connectivity index (χ1n) is 8.09. The fourth-order valence-corrected chi connectivity index (χ4v) is 3.08. The molecule has 2 rings (SSSR count). The third kappa shape index (κ3) is 4.63. The van der Waals surface area contributed by atoms with Crippen molar-refractivity contribution in [1.82, 2.24) is 4.90 Å².